The first-order chi connectivity index (χ1) is 14.8. The van der Waals surface area contributed by atoms with E-state index in [-0.39, 0.29) is 17.0 Å². The van der Waals surface area contributed by atoms with Crippen LogP contribution in [0.1, 0.15) is 5.56 Å². The molecule has 2 aromatic carbocycles. The van der Waals surface area contributed by atoms with Crippen LogP contribution in [-0.2, 0) is 6.18 Å². The number of H-pyrrole nitrogens is 1. The Morgan fingerprint density at radius 1 is 1.00 bits per heavy atom. The Kier molecular flexibility index (Phi) is 4.21. The number of methoxy groups -OCH3 is 1. The van der Waals surface area contributed by atoms with Gasteiger partial charge in [0.25, 0.3) is 0 Å². The van der Waals surface area contributed by atoms with Gasteiger partial charge < -0.3 is 9.72 Å². The summed E-state index contributed by atoms with van der Waals surface area (Å²) in [6, 6.07) is 13.0. The van der Waals surface area contributed by atoms with Gasteiger partial charge in [-0.2, -0.15) is 17.6 Å². The fourth-order valence-corrected chi connectivity index (χ4v) is 3.61. The van der Waals surface area contributed by atoms with Crippen molar-refractivity contribution in [3.8, 4) is 23.0 Å². The number of ether oxygens (including phenoxy) is 1. The van der Waals surface area contributed by atoms with Crippen molar-refractivity contribution in [2.24, 2.45) is 0 Å². The summed E-state index contributed by atoms with van der Waals surface area (Å²) < 4.78 is 60.5. The van der Waals surface area contributed by atoms with Crippen LogP contribution in [0.3, 0.4) is 0 Å². The molecule has 0 bridgehead atoms. The SMILES string of the molecule is COc1ccc2c(-n3c(-c4cccc(F)n4)nc4cc(C(F)(F)F)ccc43)c[nH]c2c1. The highest BCUT2D eigenvalue weighted by Gasteiger charge is 2.31. The third-order valence-corrected chi connectivity index (χ3v) is 5.03. The van der Waals surface area contributed by atoms with Gasteiger partial charge in [0.2, 0.25) is 5.95 Å². The van der Waals surface area contributed by atoms with Crippen molar-refractivity contribution >= 4 is 21.9 Å². The molecule has 0 radical (unpaired) electrons. The third kappa shape index (κ3) is 3.18. The number of halogens is 4. The fraction of sp³-hybridized carbons (Fsp3) is 0.0909. The van der Waals surface area contributed by atoms with Gasteiger partial charge in [-0.3, -0.25) is 4.57 Å². The molecule has 5 rings (SSSR count). The Bertz CT molecular complexity index is 1440. The van der Waals surface area contributed by atoms with Crippen LogP contribution in [0.15, 0.2) is 60.8 Å². The number of nitrogens with one attached hydrogen (secondary N) is 1. The average molecular weight is 426 g/mol. The zero-order chi connectivity index (χ0) is 21.8. The Balaban J connectivity index is 1.82. The Morgan fingerprint density at radius 3 is 2.58 bits per heavy atom. The van der Waals surface area contributed by atoms with E-state index in [2.05, 4.69) is 15.0 Å². The summed E-state index contributed by atoms with van der Waals surface area (Å²) in [5.41, 5.74) is 1.35. The molecule has 0 amide bonds. The Morgan fingerprint density at radius 2 is 1.84 bits per heavy atom. The van der Waals surface area contributed by atoms with Gasteiger partial charge in [-0.15, -0.1) is 0 Å². The number of benzene rings is 2. The summed E-state index contributed by atoms with van der Waals surface area (Å²) in [6.07, 6.45) is -2.79. The minimum Gasteiger partial charge on any atom is -0.497 e. The first kappa shape index (κ1) is 19.1. The van der Waals surface area contributed by atoms with Crippen LogP contribution in [0.2, 0.25) is 0 Å². The van der Waals surface area contributed by atoms with Crippen molar-refractivity contribution in [3.05, 3.63) is 72.3 Å². The maximum atomic E-state index is 13.8. The van der Waals surface area contributed by atoms with Crippen molar-refractivity contribution in [2.45, 2.75) is 6.18 Å². The number of aromatic amines is 1. The topological polar surface area (TPSA) is 55.7 Å². The second kappa shape index (κ2) is 6.83. The molecule has 0 spiro atoms. The number of hydrogen-bond donors (Lipinski definition) is 1. The molecular formula is C22H14F4N4O. The summed E-state index contributed by atoms with van der Waals surface area (Å²) in [4.78, 5) is 11.4. The summed E-state index contributed by atoms with van der Waals surface area (Å²) in [6.45, 7) is 0. The first-order valence-electron chi connectivity index (χ1n) is 9.23. The van der Waals surface area contributed by atoms with E-state index < -0.39 is 17.7 Å². The van der Waals surface area contributed by atoms with Gasteiger partial charge in [0, 0.05) is 17.6 Å². The lowest BCUT2D eigenvalue weighted by molar-refractivity contribution is -0.137. The summed E-state index contributed by atoms with van der Waals surface area (Å²) >= 11 is 0. The lowest BCUT2D eigenvalue weighted by Crippen LogP contribution is -2.04. The minimum absolute atomic E-state index is 0.124. The number of nitrogens with zero attached hydrogens (tertiary/aromatic N) is 3. The van der Waals surface area contributed by atoms with Crippen LogP contribution >= 0.6 is 0 Å². The van der Waals surface area contributed by atoms with Crippen molar-refractivity contribution in [1.29, 1.82) is 0 Å². The van der Waals surface area contributed by atoms with Gasteiger partial charge in [0.15, 0.2) is 5.82 Å². The highest BCUT2D eigenvalue weighted by Crippen LogP contribution is 2.36. The molecule has 1 N–H and O–H groups in total. The van der Waals surface area contributed by atoms with E-state index in [0.717, 1.165) is 23.0 Å². The van der Waals surface area contributed by atoms with Gasteiger partial charge in [-0.25, -0.2) is 9.97 Å². The molecule has 31 heavy (non-hydrogen) atoms. The van der Waals surface area contributed by atoms with Crippen LogP contribution < -0.4 is 4.74 Å². The second-order valence-corrected chi connectivity index (χ2v) is 6.90. The number of rotatable bonds is 3. The van der Waals surface area contributed by atoms with Crippen LogP contribution in [0, 0.1) is 5.95 Å². The molecule has 0 unspecified atom stereocenters. The molecule has 0 saturated heterocycles. The van der Waals surface area contributed by atoms with E-state index in [4.69, 9.17) is 4.74 Å². The monoisotopic (exact) mass is 426 g/mol. The molecule has 3 heterocycles. The molecule has 5 nitrogen and oxygen atoms in total. The molecule has 0 aliphatic carbocycles. The van der Waals surface area contributed by atoms with Crippen LogP contribution in [-0.4, -0.2) is 26.6 Å². The summed E-state index contributed by atoms with van der Waals surface area (Å²) in [7, 11) is 1.56. The van der Waals surface area contributed by atoms with E-state index in [1.165, 1.54) is 18.2 Å². The highest BCUT2D eigenvalue weighted by molar-refractivity contribution is 5.93. The second-order valence-electron chi connectivity index (χ2n) is 6.90. The summed E-state index contributed by atoms with van der Waals surface area (Å²) in [5, 5.41) is 0.789. The van der Waals surface area contributed by atoms with Crippen LogP contribution in [0.25, 0.3) is 39.1 Å². The molecule has 3 aromatic heterocycles. The third-order valence-electron chi connectivity index (χ3n) is 5.03. The minimum atomic E-state index is -4.51. The van der Waals surface area contributed by atoms with E-state index in [9.17, 15) is 17.6 Å². The Hall–Kier alpha value is -3.88. The molecule has 0 aliphatic rings. The number of imidazole rings is 1. The highest BCUT2D eigenvalue weighted by atomic mass is 19.4. The zero-order valence-corrected chi connectivity index (χ0v) is 16.0. The number of pyridine rings is 1. The van der Waals surface area contributed by atoms with Gasteiger partial charge in [0.1, 0.15) is 11.4 Å². The fourth-order valence-electron chi connectivity index (χ4n) is 3.61. The molecule has 0 aliphatic heterocycles. The van der Waals surface area contributed by atoms with Gasteiger partial charge in [-0.05, 0) is 42.5 Å². The number of aromatic nitrogens is 4. The predicted octanol–water partition coefficient (Wildman–Crippen LogP) is 5.74. The standard InChI is InChI=1S/C22H14F4N4O/c1-31-13-6-7-14-16(10-13)27-11-19(14)30-18-8-5-12(22(24,25)26)9-17(18)29-21(30)15-3-2-4-20(23)28-15/h2-11,27H,1H3. The number of hydrogen-bond acceptors (Lipinski definition) is 3. The van der Waals surface area contributed by atoms with E-state index in [1.807, 2.05) is 6.07 Å². The van der Waals surface area contributed by atoms with E-state index >= 15 is 0 Å². The van der Waals surface area contributed by atoms with Crippen molar-refractivity contribution in [3.63, 3.8) is 0 Å². The molecule has 156 valence electrons. The molecule has 9 heteroatoms. The number of fused-ring (bicyclic) bond motifs is 2. The van der Waals surface area contributed by atoms with E-state index in [0.29, 0.717) is 17.0 Å². The van der Waals surface area contributed by atoms with Gasteiger partial charge >= 0.3 is 6.18 Å². The molecule has 0 atom stereocenters. The number of alkyl halides is 3. The normalized spacial score (nSPS) is 12.0. The molecular weight excluding hydrogens is 412 g/mol. The van der Waals surface area contributed by atoms with Crippen molar-refractivity contribution in [2.75, 3.05) is 7.11 Å². The molecule has 5 aromatic rings. The van der Waals surface area contributed by atoms with Gasteiger partial charge in [-0.1, -0.05) is 6.07 Å². The largest absolute Gasteiger partial charge is 0.497 e. The molecule has 0 fully saturated rings. The van der Waals surface area contributed by atoms with Gasteiger partial charge in [0.05, 0.1) is 34.9 Å². The Labute approximate surface area is 172 Å². The van der Waals surface area contributed by atoms with Crippen molar-refractivity contribution in [1.82, 2.24) is 19.5 Å². The smallest absolute Gasteiger partial charge is 0.416 e. The zero-order valence-electron chi connectivity index (χ0n) is 16.0. The maximum absolute atomic E-state index is 13.8. The quantitative estimate of drug-likeness (QED) is 0.296. The lowest BCUT2D eigenvalue weighted by atomic mass is 10.2. The average Bonchev–Trinajstić information content (AvgIpc) is 3.32. The predicted molar refractivity (Wildman–Crippen MR) is 108 cm³/mol. The lowest BCUT2D eigenvalue weighted by Gasteiger charge is -2.09. The van der Waals surface area contributed by atoms with Crippen LogP contribution in [0.4, 0.5) is 17.6 Å². The maximum Gasteiger partial charge on any atom is 0.416 e. The first-order valence-corrected chi connectivity index (χ1v) is 9.23. The van der Waals surface area contributed by atoms with Crippen LogP contribution in [0.5, 0.6) is 5.75 Å². The van der Waals surface area contributed by atoms with E-state index in [1.54, 1.807) is 36.1 Å². The van der Waals surface area contributed by atoms with Crippen molar-refractivity contribution < 1.29 is 22.3 Å². The summed E-state index contributed by atoms with van der Waals surface area (Å²) in [5.74, 6) is 0.166. The molecule has 0 saturated carbocycles.